The van der Waals surface area contributed by atoms with Crippen molar-refractivity contribution in [1.29, 1.82) is 0 Å². The Kier molecular flexibility index (Phi) is 9.41. The van der Waals surface area contributed by atoms with Gasteiger partial charge in [0, 0.05) is 27.7 Å². The second-order valence-corrected chi connectivity index (χ2v) is 8.50. The average molecular weight is 552 g/mol. The fourth-order valence-corrected chi connectivity index (χ4v) is 3.88. The van der Waals surface area contributed by atoms with E-state index in [1.165, 1.54) is 24.3 Å². The summed E-state index contributed by atoms with van der Waals surface area (Å²) >= 11 is 0. The molecule has 1 fully saturated rings. The Labute approximate surface area is 221 Å². The van der Waals surface area contributed by atoms with Gasteiger partial charge in [-0.2, -0.15) is 0 Å². The molecule has 0 unspecified atom stereocenters. The quantitative estimate of drug-likeness (QED) is 0.381. The third-order valence-electron chi connectivity index (χ3n) is 5.40. The van der Waals surface area contributed by atoms with E-state index in [1.54, 1.807) is 0 Å². The van der Waals surface area contributed by atoms with Gasteiger partial charge in [0.05, 0.1) is 0 Å². The Balaban J connectivity index is 1.94. The minimum Gasteiger partial charge on any atom is -0.503 e. The topological polar surface area (TPSA) is 144 Å². The van der Waals surface area contributed by atoms with Crippen LogP contribution in [0.4, 0.5) is 8.78 Å². The molecule has 0 aromatic heterocycles. The van der Waals surface area contributed by atoms with Crippen LogP contribution >= 0.6 is 0 Å². The largest absolute Gasteiger partial charge is 0.503 e. The molecule has 0 saturated carbocycles. The maximum Gasteiger partial charge on any atom is 0.303 e. The molecule has 0 spiro atoms. The molecule has 39 heavy (non-hydrogen) atoms. The van der Waals surface area contributed by atoms with Gasteiger partial charge in [0.25, 0.3) is 0 Å². The van der Waals surface area contributed by atoms with Gasteiger partial charge < -0.3 is 33.5 Å². The van der Waals surface area contributed by atoms with Gasteiger partial charge in [-0.1, -0.05) is 12.1 Å². The number of carbonyl (C=O) groups excluding carboxylic acids is 4. The van der Waals surface area contributed by atoms with Crippen LogP contribution in [0, 0.1) is 11.6 Å². The maximum atomic E-state index is 13.8. The lowest BCUT2D eigenvalue weighted by molar-refractivity contribution is -0.288. The molecule has 0 bridgehead atoms. The van der Waals surface area contributed by atoms with Crippen LogP contribution in [-0.2, 0) is 42.9 Å². The van der Waals surface area contributed by atoms with E-state index in [9.17, 15) is 33.1 Å². The van der Waals surface area contributed by atoms with Gasteiger partial charge in [-0.3, -0.25) is 19.2 Å². The summed E-state index contributed by atoms with van der Waals surface area (Å²) in [6, 6.07) is 7.68. The molecule has 2 aromatic rings. The molecule has 3 rings (SSSR count). The van der Waals surface area contributed by atoms with Crippen LogP contribution in [0.3, 0.4) is 0 Å². The number of benzene rings is 2. The zero-order valence-electron chi connectivity index (χ0n) is 21.3. The third kappa shape index (κ3) is 7.63. The number of aromatic hydroxyl groups is 1. The Bertz CT molecular complexity index is 1210. The summed E-state index contributed by atoms with van der Waals surface area (Å²) in [5.74, 6) is -6.25. The van der Waals surface area contributed by atoms with E-state index in [0.29, 0.717) is 5.56 Å². The lowest BCUT2D eigenvalue weighted by Crippen LogP contribution is -2.63. The first kappa shape index (κ1) is 29.3. The van der Waals surface area contributed by atoms with Crippen LogP contribution in [0.5, 0.6) is 11.5 Å². The van der Waals surface area contributed by atoms with Crippen molar-refractivity contribution in [1.82, 2.24) is 0 Å². The maximum absolute atomic E-state index is 13.8. The molecular formula is C26H26F2O11. The van der Waals surface area contributed by atoms with Crippen molar-refractivity contribution in [3.05, 3.63) is 48.0 Å². The fraction of sp³-hybridized carbons (Fsp3) is 0.385. The number of hydrogen-bond acceptors (Lipinski definition) is 11. The molecule has 11 nitrogen and oxygen atoms in total. The van der Waals surface area contributed by atoms with Gasteiger partial charge >= 0.3 is 23.9 Å². The Hall–Kier alpha value is -4.26. The van der Waals surface area contributed by atoms with E-state index in [2.05, 4.69) is 0 Å². The van der Waals surface area contributed by atoms with E-state index < -0.39 is 78.6 Å². The number of phenols is 1. The smallest absolute Gasteiger partial charge is 0.303 e. The zero-order valence-corrected chi connectivity index (χ0v) is 21.3. The zero-order chi connectivity index (χ0) is 28.9. The van der Waals surface area contributed by atoms with Crippen LogP contribution in [-0.4, -0.2) is 66.3 Å². The highest BCUT2D eigenvalue weighted by atomic mass is 19.1. The summed E-state index contributed by atoms with van der Waals surface area (Å²) < 4.78 is 60.3. The monoisotopic (exact) mass is 552 g/mol. The van der Waals surface area contributed by atoms with Gasteiger partial charge in [-0.25, -0.2) is 8.78 Å². The first-order valence-corrected chi connectivity index (χ1v) is 11.6. The molecule has 1 aliphatic rings. The number of carbonyl (C=O) groups is 4. The van der Waals surface area contributed by atoms with Crippen LogP contribution in [0.15, 0.2) is 36.4 Å². The van der Waals surface area contributed by atoms with Crippen molar-refractivity contribution >= 4 is 23.9 Å². The van der Waals surface area contributed by atoms with Gasteiger partial charge in [-0.05, 0) is 35.4 Å². The molecule has 2 aromatic carbocycles. The predicted molar refractivity (Wildman–Crippen MR) is 126 cm³/mol. The molecule has 1 saturated heterocycles. The normalized spacial score (nSPS) is 22.4. The summed E-state index contributed by atoms with van der Waals surface area (Å²) in [5, 5.41) is 9.32. The van der Waals surface area contributed by atoms with Crippen molar-refractivity contribution in [2.75, 3.05) is 6.61 Å². The molecule has 1 heterocycles. The summed E-state index contributed by atoms with van der Waals surface area (Å²) in [4.78, 5) is 47.1. The number of phenolic OH excluding ortho intramolecular Hbond substituents is 1. The summed E-state index contributed by atoms with van der Waals surface area (Å²) in [7, 11) is 0. The van der Waals surface area contributed by atoms with E-state index >= 15 is 0 Å². The molecule has 1 N–H and O–H groups in total. The highest BCUT2D eigenvalue weighted by Crippen LogP contribution is 2.33. The van der Waals surface area contributed by atoms with Crippen molar-refractivity contribution in [3.8, 4) is 22.6 Å². The van der Waals surface area contributed by atoms with Crippen LogP contribution < -0.4 is 4.74 Å². The Morgan fingerprint density at radius 3 is 1.79 bits per heavy atom. The minimum absolute atomic E-state index is 0.138. The summed E-state index contributed by atoms with van der Waals surface area (Å²) in [6.45, 7) is 4.02. The lowest BCUT2D eigenvalue weighted by atomic mass is 9.98. The first-order chi connectivity index (χ1) is 18.3. The second kappa shape index (κ2) is 12.5. The van der Waals surface area contributed by atoms with E-state index in [1.807, 2.05) is 0 Å². The Morgan fingerprint density at radius 1 is 0.769 bits per heavy atom. The molecule has 1 aliphatic heterocycles. The van der Waals surface area contributed by atoms with Gasteiger partial charge in [0.2, 0.25) is 12.4 Å². The van der Waals surface area contributed by atoms with Crippen LogP contribution in [0.1, 0.15) is 27.7 Å². The lowest BCUT2D eigenvalue weighted by Gasteiger charge is -2.43. The third-order valence-corrected chi connectivity index (χ3v) is 5.40. The van der Waals surface area contributed by atoms with Gasteiger partial charge in [-0.15, -0.1) is 0 Å². The van der Waals surface area contributed by atoms with Crippen LogP contribution in [0.2, 0.25) is 0 Å². The number of hydrogen-bond donors (Lipinski definition) is 1. The van der Waals surface area contributed by atoms with E-state index in [4.69, 9.17) is 28.4 Å². The van der Waals surface area contributed by atoms with E-state index in [0.717, 1.165) is 39.8 Å². The minimum atomic E-state index is -1.44. The number of rotatable bonds is 8. The molecule has 5 atom stereocenters. The SMILES string of the molecule is CC(=O)OC[C@H]1O[C@@H](Oc2ccc(-c3cc(F)c(O)c(F)c3)cc2)[C@@H](OC(C)=O)[C@@H](OC(C)=O)[C@@H]1OC(C)=O. The summed E-state index contributed by atoms with van der Waals surface area (Å²) in [6.07, 6.45) is -6.81. The van der Waals surface area contributed by atoms with Crippen molar-refractivity contribution < 1.29 is 61.5 Å². The van der Waals surface area contributed by atoms with Crippen LogP contribution in [0.25, 0.3) is 11.1 Å². The van der Waals surface area contributed by atoms with E-state index in [-0.39, 0.29) is 11.3 Å². The van der Waals surface area contributed by atoms with Gasteiger partial charge in [0.15, 0.2) is 29.6 Å². The molecule has 210 valence electrons. The highest BCUT2D eigenvalue weighted by molar-refractivity contribution is 5.69. The second-order valence-electron chi connectivity index (χ2n) is 8.50. The number of esters is 4. The average Bonchev–Trinajstić information content (AvgIpc) is 2.84. The molecule has 0 amide bonds. The fourth-order valence-electron chi connectivity index (χ4n) is 3.88. The molecule has 13 heteroatoms. The summed E-state index contributed by atoms with van der Waals surface area (Å²) in [5.41, 5.74) is 0.517. The van der Waals surface area contributed by atoms with Crippen molar-refractivity contribution in [2.45, 2.75) is 58.4 Å². The molecule has 0 aliphatic carbocycles. The first-order valence-electron chi connectivity index (χ1n) is 11.6. The highest BCUT2D eigenvalue weighted by Gasteiger charge is 2.53. The predicted octanol–water partition coefficient (Wildman–Crippen LogP) is 2.80. The molecule has 0 radical (unpaired) electrons. The van der Waals surface area contributed by atoms with Crippen molar-refractivity contribution in [2.24, 2.45) is 0 Å². The number of ether oxygens (including phenoxy) is 6. The standard InChI is InChI=1S/C26H26F2O11/c1-12(29)34-11-21-23(35-13(2)30)24(36-14(3)31)25(37-15(4)32)26(39-21)38-18-7-5-16(6-8-18)17-9-19(27)22(33)20(28)10-17/h5-10,21,23-26,33H,11H2,1-4H3/t21-,23-,24+,25+,26-/m1/s1. The number of halogens is 2. The molecular weight excluding hydrogens is 526 g/mol. The Morgan fingerprint density at radius 2 is 1.28 bits per heavy atom. The van der Waals surface area contributed by atoms with Gasteiger partial charge in [0.1, 0.15) is 18.5 Å². The van der Waals surface area contributed by atoms with Crippen molar-refractivity contribution in [3.63, 3.8) is 0 Å².